The summed E-state index contributed by atoms with van der Waals surface area (Å²) in [6, 6.07) is 12.0. The fraction of sp³-hybridized carbons (Fsp3) is 0.273. The van der Waals surface area contributed by atoms with Crippen LogP contribution in [0.4, 0.5) is 14.9 Å². The number of aryl methyl sites for hydroxylation is 1. The van der Waals surface area contributed by atoms with Crippen LogP contribution in [0.3, 0.4) is 0 Å². The lowest BCUT2D eigenvalue weighted by molar-refractivity contribution is 0.239. The van der Waals surface area contributed by atoms with Crippen molar-refractivity contribution < 1.29 is 13.9 Å². The van der Waals surface area contributed by atoms with Crippen LogP contribution in [-0.2, 0) is 6.42 Å². The number of rotatable bonds is 5. The molecule has 2 atom stereocenters. The number of carbonyl (C=O) groups is 1. The number of anilines is 1. The molecule has 0 bridgehead atoms. The molecule has 6 nitrogen and oxygen atoms in total. The monoisotopic (exact) mass is 394 g/mol. The van der Waals surface area contributed by atoms with Gasteiger partial charge in [0.1, 0.15) is 0 Å². The molecule has 29 heavy (non-hydrogen) atoms. The second-order valence-corrected chi connectivity index (χ2v) is 6.97. The van der Waals surface area contributed by atoms with Crippen LogP contribution in [0, 0.1) is 5.82 Å². The van der Waals surface area contributed by atoms with Crippen LogP contribution in [0.5, 0.6) is 5.75 Å². The molecule has 4 rings (SSSR count). The predicted molar refractivity (Wildman–Crippen MR) is 108 cm³/mol. The maximum atomic E-state index is 14.1. The van der Waals surface area contributed by atoms with Crippen molar-refractivity contribution in [3.63, 3.8) is 0 Å². The van der Waals surface area contributed by atoms with E-state index in [1.54, 1.807) is 25.5 Å². The molecule has 2 N–H and O–H groups in total. The fourth-order valence-corrected chi connectivity index (χ4v) is 3.86. The van der Waals surface area contributed by atoms with E-state index in [9.17, 15) is 9.18 Å². The number of ether oxygens (including phenoxy) is 1. The topological polar surface area (TPSA) is 68.2 Å². The average molecular weight is 394 g/mol. The summed E-state index contributed by atoms with van der Waals surface area (Å²) in [5, 5.41) is 5.79. The molecular weight excluding hydrogens is 371 g/mol. The molecule has 2 aromatic carbocycles. The van der Waals surface area contributed by atoms with E-state index < -0.39 is 5.82 Å². The molecular formula is C22H23FN4O2. The number of halogens is 1. The highest BCUT2D eigenvalue weighted by Crippen LogP contribution is 2.37. The summed E-state index contributed by atoms with van der Waals surface area (Å²) in [4.78, 5) is 16.9. The largest absolute Gasteiger partial charge is 0.491 e. The maximum absolute atomic E-state index is 14.1. The Labute approximate surface area is 168 Å². The third-order valence-electron chi connectivity index (χ3n) is 5.17. The van der Waals surface area contributed by atoms with Gasteiger partial charge in [0.25, 0.3) is 0 Å². The number of benzene rings is 2. The van der Waals surface area contributed by atoms with E-state index in [1.807, 2.05) is 29.0 Å². The lowest BCUT2D eigenvalue weighted by Gasteiger charge is -2.35. The first-order chi connectivity index (χ1) is 14.2. The molecule has 0 saturated carbocycles. The summed E-state index contributed by atoms with van der Waals surface area (Å²) >= 11 is 0. The normalized spacial score (nSPS) is 18.0. The van der Waals surface area contributed by atoms with Crippen LogP contribution in [0.1, 0.15) is 36.6 Å². The Kier molecular flexibility index (Phi) is 5.46. The zero-order valence-electron chi connectivity index (χ0n) is 16.1. The number of urea groups is 1. The number of carbonyl (C=O) groups excluding carboxylic acids is 1. The van der Waals surface area contributed by atoms with Crippen LogP contribution >= 0.6 is 0 Å². The van der Waals surface area contributed by atoms with Gasteiger partial charge in [-0.2, -0.15) is 0 Å². The van der Waals surface area contributed by atoms with Crippen LogP contribution < -0.4 is 15.4 Å². The second-order valence-electron chi connectivity index (χ2n) is 6.97. The van der Waals surface area contributed by atoms with Crippen molar-refractivity contribution >= 4 is 11.7 Å². The van der Waals surface area contributed by atoms with E-state index in [0.717, 1.165) is 18.4 Å². The van der Waals surface area contributed by atoms with Gasteiger partial charge in [-0.05, 0) is 43.0 Å². The lowest BCUT2D eigenvalue weighted by Crippen LogP contribution is -2.39. The Morgan fingerprint density at radius 1 is 1.31 bits per heavy atom. The van der Waals surface area contributed by atoms with Crippen LogP contribution in [0.15, 0.2) is 61.2 Å². The van der Waals surface area contributed by atoms with E-state index >= 15 is 0 Å². The highest BCUT2D eigenvalue weighted by Gasteiger charge is 2.31. The number of nitrogens with one attached hydrogen (secondary N) is 2. The van der Waals surface area contributed by atoms with Crippen molar-refractivity contribution in [2.24, 2.45) is 0 Å². The molecule has 7 heteroatoms. The van der Waals surface area contributed by atoms with Crippen molar-refractivity contribution in [3.8, 4) is 5.75 Å². The molecule has 0 fully saturated rings. The molecule has 0 spiro atoms. The Balaban J connectivity index is 1.54. The lowest BCUT2D eigenvalue weighted by atomic mass is 9.84. The van der Waals surface area contributed by atoms with Crippen molar-refractivity contribution in [2.45, 2.75) is 31.8 Å². The summed E-state index contributed by atoms with van der Waals surface area (Å²) in [7, 11) is 0. The third-order valence-corrected chi connectivity index (χ3v) is 5.17. The van der Waals surface area contributed by atoms with Crippen molar-refractivity contribution in [2.75, 3.05) is 11.9 Å². The minimum atomic E-state index is -0.510. The molecule has 1 aromatic heterocycles. The van der Waals surface area contributed by atoms with E-state index in [1.165, 1.54) is 17.7 Å². The van der Waals surface area contributed by atoms with Gasteiger partial charge in [-0.3, -0.25) is 0 Å². The van der Waals surface area contributed by atoms with Gasteiger partial charge in [-0.15, -0.1) is 0 Å². The quantitative estimate of drug-likeness (QED) is 0.671. The first-order valence-corrected chi connectivity index (χ1v) is 9.71. The van der Waals surface area contributed by atoms with E-state index in [2.05, 4.69) is 21.7 Å². The second kappa shape index (κ2) is 8.34. The van der Waals surface area contributed by atoms with Crippen molar-refractivity contribution in [1.29, 1.82) is 0 Å². The summed E-state index contributed by atoms with van der Waals surface area (Å²) < 4.78 is 21.3. The Morgan fingerprint density at radius 3 is 2.93 bits per heavy atom. The zero-order valence-corrected chi connectivity index (χ0v) is 16.1. The molecule has 0 unspecified atom stereocenters. The molecule has 150 valence electrons. The number of fused-ring (bicyclic) bond motifs is 1. The number of nitrogens with zero attached hydrogens (tertiary/aromatic N) is 2. The van der Waals surface area contributed by atoms with Gasteiger partial charge in [-0.25, -0.2) is 14.2 Å². The highest BCUT2D eigenvalue weighted by molar-refractivity contribution is 5.89. The Morgan fingerprint density at radius 2 is 2.17 bits per heavy atom. The molecule has 1 aliphatic carbocycles. The van der Waals surface area contributed by atoms with Crippen molar-refractivity contribution in [3.05, 3.63) is 78.1 Å². The standard InChI is InChI=1S/C22H23FN4O2/c1-2-29-20-10-8-16(13-18(20)23)25-22(28)26-21-17-6-4-3-5-15(17)7-9-19(21)27-12-11-24-14-27/h3-6,8,10-14,19,21H,2,7,9H2,1H3,(H2,25,26,28)/t19-,21-/m1/s1. The molecule has 0 radical (unpaired) electrons. The summed E-state index contributed by atoms with van der Waals surface area (Å²) in [6.07, 6.45) is 7.24. The Bertz CT molecular complexity index is 990. The Hall–Kier alpha value is -3.35. The summed E-state index contributed by atoms with van der Waals surface area (Å²) in [6.45, 7) is 2.17. The number of hydrogen-bond acceptors (Lipinski definition) is 3. The van der Waals surface area contributed by atoms with Gasteiger partial charge >= 0.3 is 6.03 Å². The van der Waals surface area contributed by atoms with E-state index in [-0.39, 0.29) is 23.9 Å². The van der Waals surface area contributed by atoms with Crippen LogP contribution in [0.25, 0.3) is 0 Å². The van der Waals surface area contributed by atoms with Gasteiger partial charge in [0.05, 0.1) is 25.0 Å². The van der Waals surface area contributed by atoms with E-state index in [4.69, 9.17) is 4.74 Å². The molecule has 3 aromatic rings. The molecule has 2 amide bonds. The van der Waals surface area contributed by atoms with E-state index in [0.29, 0.717) is 12.3 Å². The SMILES string of the molecule is CCOc1ccc(NC(=O)N[C@@H]2c3ccccc3CC[C@H]2n2ccnc2)cc1F. The predicted octanol–water partition coefficient (Wildman–Crippen LogP) is 4.47. The number of aromatic nitrogens is 2. The third kappa shape index (κ3) is 4.08. The molecule has 0 aliphatic heterocycles. The molecule has 1 heterocycles. The highest BCUT2D eigenvalue weighted by atomic mass is 19.1. The summed E-state index contributed by atoms with van der Waals surface area (Å²) in [5.74, 6) is -0.344. The number of amides is 2. The van der Waals surface area contributed by atoms with Gasteiger partial charge in [0.2, 0.25) is 0 Å². The average Bonchev–Trinajstić information content (AvgIpc) is 3.25. The van der Waals surface area contributed by atoms with Gasteiger partial charge in [0, 0.05) is 24.1 Å². The van der Waals surface area contributed by atoms with Crippen LogP contribution in [0.2, 0.25) is 0 Å². The fourth-order valence-electron chi connectivity index (χ4n) is 3.86. The van der Waals surface area contributed by atoms with Gasteiger partial charge in [-0.1, -0.05) is 24.3 Å². The first-order valence-electron chi connectivity index (χ1n) is 9.71. The number of imidazole rings is 1. The first kappa shape index (κ1) is 19.0. The molecule has 0 saturated heterocycles. The van der Waals surface area contributed by atoms with Crippen LogP contribution in [-0.4, -0.2) is 22.2 Å². The maximum Gasteiger partial charge on any atom is 0.319 e. The molecule has 1 aliphatic rings. The minimum absolute atomic E-state index is 0.0511. The zero-order chi connectivity index (χ0) is 20.2. The van der Waals surface area contributed by atoms with Crippen molar-refractivity contribution in [1.82, 2.24) is 14.9 Å². The van der Waals surface area contributed by atoms with Gasteiger partial charge in [0.15, 0.2) is 11.6 Å². The smallest absolute Gasteiger partial charge is 0.319 e. The minimum Gasteiger partial charge on any atom is -0.491 e. The van der Waals surface area contributed by atoms with Gasteiger partial charge < -0.3 is 19.9 Å². The number of hydrogen-bond donors (Lipinski definition) is 2. The summed E-state index contributed by atoms with van der Waals surface area (Å²) in [5.41, 5.74) is 2.68.